The predicted molar refractivity (Wildman–Crippen MR) is 141 cm³/mol. The summed E-state index contributed by atoms with van der Waals surface area (Å²) in [5.74, 6) is 0. The Labute approximate surface area is 201 Å². The molecule has 0 spiro atoms. The number of benzene rings is 3. The van der Waals surface area contributed by atoms with E-state index in [9.17, 15) is 0 Å². The summed E-state index contributed by atoms with van der Waals surface area (Å²) in [5, 5.41) is 14.2. The lowest BCUT2D eigenvalue weighted by Crippen LogP contribution is -1.90. The Morgan fingerprint density at radius 2 is 1.41 bits per heavy atom. The fraction of sp³-hybridized carbons (Fsp3) is 0. The summed E-state index contributed by atoms with van der Waals surface area (Å²) >= 11 is 1.63. The van der Waals surface area contributed by atoms with E-state index < -0.39 is 0 Å². The Balaban J connectivity index is 1.21. The van der Waals surface area contributed by atoms with E-state index in [4.69, 9.17) is 0 Å². The van der Waals surface area contributed by atoms with E-state index in [1.54, 1.807) is 11.3 Å². The highest BCUT2D eigenvalue weighted by Gasteiger charge is 2.10. The van der Waals surface area contributed by atoms with Crippen molar-refractivity contribution in [3.8, 4) is 27.5 Å². The summed E-state index contributed by atoms with van der Waals surface area (Å²) in [6, 6.07) is 31.2. The smallest absolute Gasteiger partial charge is 0.120 e. The topological polar surface area (TPSA) is 43.6 Å². The molecule has 3 heterocycles. The number of hydrogen-bond acceptors (Lipinski definition) is 4. The molecule has 0 aliphatic rings. The molecule has 4 nitrogen and oxygen atoms in total. The molecule has 0 aliphatic heterocycles. The maximum Gasteiger partial charge on any atom is 0.120 e. The monoisotopic (exact) mass is 456 g/mol. The lowest BCUT2D eigenvalue weighted by Gasteiger charge is -2.00. The summed E-state index contributed by atoms with van der Waals surface area (Å²) in [7, 11) is 0. The standard InChI is InChI=1S/C29H20N4S/c1-2-6-21(7-3-1)10-11-22-12-14-23(15-13-22)28-19-33(32-31-28)29-17-26(20-34-29)27-16-24-8-4-5-9-25(24)18-30-27/h1-20H/b11-10+. The summed E-state index contributed by atoms with van der Waals surface area (Å²) in [5.41, 5.74) is 6.25. The van der Waals surface area contributed by atoms with E-state index in [1.165, 1.54) is 10.9 Å². The van der Waals surface area contributed by atoms with Crippen molar-refractivity contribution in [1.29, 1.82) is 0 Å². The van der Waals surface area contributed by atoms with Crippen molar-refractivity contribution in [2.45, 2.75) is 0 Å². The molecule has 0 atom stereocenters. The van der Waals surface area contributed by atoms with Crippen molar-refractivity contribution in [2.24, 2.45) is 0 Å². The van der Waals surface area contributed by atoms with Crippen molar-refractivity contribution >= 4 is 34.3 Å². The molecule has 0 bridgehead atoms. The maximum absolute atomic E-state index is 4.64. The third-order valence-corrected chi connectivity index (χ3v) is 6.62. The summed E-state index contributed by atoms with van der Waals surface area (Å²) < 4.78 is 1.83. The van der Waals surface area contributed by atoms with Crippen molar-refractivity contribution < 1.29 is 0 Å². The minimum Gasteiger partial charge on any atom is -0.256 e. The van der Waals surface area contributed by atoms with Crippen LogP contribution in [0.1, 0.15) is 11.1 Å². The minimum atomic E-state index is 0.845. The Kier molecular flexibility index (Phi) is 5.30. The maximum atomic E-state index is 4.64. The first-order chi connectivity index (χ1) is 16.8. The van der Waals surface area contributed by atoms with Crippen molar-refractivity contribution in [2.75, 3.05) is 0 Å². The van der Waals surface area contributed by atoms with Crippen LogP contribution in [0.4, 0.5) is 0 Å². The molecule has 162 valence electrons. The molecule has 0 saturated carbocycles. The fourth-order valence-electron chi connectivity index (χ4n) is 3.85. The van der Waals surface area contributed by atoms with E-state index in [0.29, 0.717) is 0 Å². The molecule has 6 aromatic rings. The zero-order valence-corrected chi connectivity index (χ0v) is 19.1. The molecule has 3 aromatic heterocycles. The summed E-state index contributed by atoms with van der Waals surface area (Å²) in [4.78, 5) is 4.64. The van der Waals surface area contributed by atoms with Gasteiger partial charge >= 0.3 is 0 Å². The Hall–Kier alpha value is -4.35. The van der Waals surface area contributed by atoms with E-state index in [2.05, 4.69) is 93.5 Å². The lowest BCUT2D eigenvalue weighted by molar-refractivity contribution is 0.815. The highest BCUT2D eigenvalue weighted by atomic mass is 32.1. The number of pyridine rings is 1. The van der Waals surface area contributed by atoms with Gasteiger partial charge in [0.25, 0.3) is 0 Å². The number of hydrogen-bond donors (Lipinski definition) is 0. The third-order valence-electron chi connectivity index (χ3n) is 5.71. The van der Waals surface area contributed by atoms with E-state index >= 15 is 0 Å². The minimum absolute atomic E-state index is 0.845. The third kappa shape index (κ3) is 4.17. The van der Waals surface area contributed by atoms with Gasteiger partial charge in [-0.05, 0) is 28.6 Å². The van der Waals surface area contributed by atoms with Gasteiger partial charge in [0.05, 0.1) is 11.9 Å². The Bertz CT molecular complexity index is 1590. The molecule has 0 N–H and O–H groups in total. The first-order valence-electron chi connectivity index (χ1n) is 11.0. The van der Waals surface area contributed by atoms with Crippen molar-refractivity contribution in [3.63, 3.8) is 0 Å². The Morgan fingerprint density at radius 1 is 0.676 bits per heavy atom. The van der Waals surface area contributed by atoms with Gasteiger partial charge in [0.15, 0.2) is 0 Å². The Morgan fingerprint density at radius 3 is 2.24 bits per heavy atom. The molecule has 0 fully saturated rings. The first-order valence-corrected chi connectivity index (χ1v) is 11.9. The second-order valence-electron chi connectivity index (χ2n) is 8.00. The molecule has 34 heavy (non-hydrogen) atoms. The SMILES string of the molecule is C(=C\c1ccc(-c2cn(-c3cc(-c4cc5ccccc5cn4)cs3)nn2)cc1)/c1ccccc1. The molecule has 0 saturated heterocycles. The van der Waals surface area contributed by atoms with Crippen LogP contribution in [0.2, 0.25) is 0 Å². The quantitative estimate of drug-likeness (QED) is 0.254. The molecular formula is C29H20N4S. The molecule has 5 heteroatoms. The number of aromatic nitrogens is 4. The lowest BCUT2D eigenvalue weighted by atomic mass is 10.1. The average Bonchev–Trinajstić information content (AvgIpc) is 3.59. The van der Waals surface area contributed by atoms with Crippen molar-refractivity contribution in [3.05, 3.63) is 120 Å². The van der Waals surface area contributed by atoms with Crippen LogP contribution in [-0.4, -0.2) is 20.0 Å². The summed E-state index contributed by atoms with van der Waals surface area (Å²) in [6.45, 7) is 0. The second-order valence-corrected chi connectivity index (χ2v) is 8.89. The molecule has 0 aliphatic carbocycles. The highest BCUT2D eigenvalue weighted by molar-refractivity contribution is 7.13. The molecule has 0 unspecified atom stereocenters. The number of thiophene rings is 1. The predicted octanol–water partition coefficient (Wildman–Crippen LogP) is 7.38. The van der Waals surface area contributed by atoms with Crippen LogP contribution in [0, 0.1) is 0 Å². The molecule has 3 aromatic carbocycles. The second kappa shape index (κ2) is 8.89. The molecule has 0 radical (unpaired) electrons. The first kappa shape index (κ1) is 20.3. The van der Waals surface area contributed by atoms with Gasteiger partial charge in [0.1, 0.15) is 10.7 Å². The fourth-order valence-corrected chi connectivity index (χ4v) is 4.67. The van der Waals surface area contributed by atoms with E-state index in [-0.39, 0.29) is 0 Å². The van der Waals surface area contributed by atoms with Gasteiger partial charge in [-0.25, -0.2) is 4.68 Å². The number of fused-ring (bicyclic) bond motifs is 1. The normalized spacial score (nSPS) is 11.4. The van der Waals surface area contributed by atoms with Gasteiger partial charge in [-0.3, -0.25) is 4.98 Å². The van der Waals surface area contributed by atoms with Crippen LogP contribution in [0.5, 0.6) is 0 Å². The van der Waals surface area contributed by atoms with Gasteiger partial charge in [-0.15, -0.1) is 16.4 Å². The van der Waals surface area contributed by atoms with Crippen LogP contribution in [0.3, 0.4) is 0 Å². The van der Waals surface area contributed by atoms with Crippen LogP contribution < -0.4 is 0 Å². The number of nitrogens with zero attached hydrogens (tertiary/aromatic N) is 4. The van der Waals surface area contributed by atoms with Gasteiger partial charge < -0.3 is 0 Å². The van der Waals surface area contributed by atoms with Crippen LogP contribution in [-0.2, 0) is 0 Å². The largest absolute Gasteiger partial charge is 0.256 e. The van der Waals surface area contributed by atoms with Gasteiger partial charge in [-0.2, -0.15) is 0 Å². The van der Waals surface area contributed by atoms with Crippen molar-refractivity contribution in [1.82, 2.24) is 20.0 Å². The average molecular weight is 457 g/mol. The zero-order chi connectivity index (χ0) is 22.7. The van der Waals surface area contributed by atoms with Crippen LogP contribution >= 0.6 is 11.3 Å². The van der Waals surface area contributed by atoms with Gasteiger partial charge in [0, 0.05) is 28.1 Å². The zero-order valence-electron chi connectivity index (χ0n) is 18.2. The van der Waals surface area contributed by atoms with E-state index in [1.807, 2.05) is 47.4 Å². The van der Waals surface area contributed by atoms with Gasteiger partial charge in [0.2, 0.25) is 0 Å². The molecule has 0 amide bonds. The molecule has 6 rings (SSSR count). The summed E-state index contributed by atoms with van der Waals surface area (Å²) in [6.07, 6.45) is 8.13. The van der Waals surface area contributed by atoms with E-state index in [0.717, 1.165) is 38.5 Å². The van der Waals surface area contributed by atoms with Crippen LogP contribution in [0.15, 0.2) is 109 Å². The van der Waals surface area contributed by atoms with Gasteiger partial charge in [-0.1, -0.05) is 96.2 Å². The van der Waals surface area contributed by atoms with Crippen LogP contribution in [0.25, 0.3) is 50.4 Å². The highest BCUT2D eigenvalue weighted by Crippen LogP contribution is 2.29. The molecular weight excluding hydrogens is 436 g/mol. The number of rotatable bonds is 5.